The van der Waals surface area contributed by atoms with Crippen molar-refractivity contribution < 1.29 is 28.2 Å². The SMILES string of the molecule is CCOC(=O)C(=O)CC(=O)OC(CS)n1cnc(-c2ccncc2)c1-c1ccc(F)cc1. The fourth-order valence-electron chi connectivity index (χ4n) is 2.98. The lowest BCUT2D eigenvalue weighted by atomic mass is 10.1. The van der Waals surface area contributed by atoms with Gasteiger partial charge in [0, 0.05) is 29.3 Å². The summed E-state index contributed by atoms with van der Waals surface area (Å²) in [5, 5.41) is 0. The quantitative estimate of drug-likeness (QED) is 0.228. The summed E-state index contributed by atoms with van der Waals surface area (Å²) >= 11 is 4.27. The van der Waals surface area contributed by atoms with Crippen LogP contribution in [0.15, 0.2) is 55.1 Å². The van der Waals surface area contributed by atoms with Gasteiger partial charge < -0.3 is 9.47 Å². The number of benzene rings is 1. The molecule has 32 heavy (non-hydrogen) atoms. The molecule has 1 atom stereocenters. The summed E-state index contributed by atoms with van der Waals surface area (Å²) in [5.41, 5.74) is 2.49. The molecular weight excluding hydrogens is 437 g/mol. The van der Waals surface area contributed by atoms with Crippen molar-refractivity contribution in [2.45, 2.75) is 19.6 Å². The van der Waals surface area contributed by atoms with Gasteiger partial charge in [-0.1, -0.05) is 0 Å². The highest BCUT2D eigenvalue weighted by atomic mass is 32.1. The van der Waals surface area contributed by atoms with Gasteiger partial charge >= 0.3 is 11.9 Å². The lowest BCUT2D eigenvalue weighted by Gasteiger charge is -2.20. The first-order valence-corrected chi connectivity index (χ1v) is 10.3. The fraction of sp³-hybridized carbons (Fsp3) is 0.227. The molecule has 0 saturated carbocycles. The van der Waals surface area contributed by atoms with E-state index in [1.807, 2.05) is 0 Å². The summed E-state index contributed by atoms with van der Waals surface area (Å²) in [4.78, 5) is 44.0. The Hall–Kier alpha value is -3.53. The number of hydrogen-bond acceptors (Lipinski definition) is 8. The number of aromatic nitrogens is 3. The van der Waals surface area contributed by atoms with Crippen LogP contribution in [0.4, 0.5) is 4.39 Å². The highest BCUT2D eigenvalue weighted by Gasteiger charge is 2.26. The Morgan fingerprint density at radius 2 is 1.78 bits per heavy atom. The maximum atomic E-state index is 13.5. The van der Waals surface area contributed by atoms with Gasteiger partial charge in [-0.25, -0.2) is 14.2 Å². The molecule has 0 amide bonds. The van der Waals surface area contributed by atoms with Gasteiger partial charge in [0.1, 0.15) is 12.2 Å². The van der Waals surface area contributed by atoms with Crippen LogP contribution in [-0.4, -0.2) is 44.6 Å². The zero-order valence-electron chi connectivity index (χ0n) is 17.1. The van der Waals surface area contributed by atoms with Crippen molar-refractivity contribution in [3.8, 4) is 22.5 Å². The van der Waals surface area contributed by atoms with Crippen LogP contribution in [0.3, 0.4) is 0 Å². The van der Waals surface area contributed by atoms with E-state index >= 15 is 0 Å². The topological polar surface area (TPSA) is 100 Å². The van der Waals surface area contributed by atoms with Crippen LogP contribution in [0, 0.1) is 5.82 Å². The van der Waals surface area contributed by atoms with E-state index in [1.54, 1.807) is 48.1 Å². The van der Waals surface area contributed by atoms with Gasteiger partial charge in [-0.2, -0.15) is 12.6 Å². The Morgan fingerprint density at radius 3 is 2.41 bits per heavy atom. The summed E-state index contributed by atoms with van der Waals surface area (Å²) in [7, 11) is 0. The average molecular weight is 457 g/mol. The molecule has 0 saturated heterocycles. The molecule has 0 bridgehead atoms. The van der Waals surface area contributed by atoms with E-state index in [4.69, 9.17) is 4.74 Å². The van der Waals surface area contributed by atoms with Crippen molar-refractivity contribution in [3.63, 3.8) is 0 Å². The number of pyridine rings is 1. The summed E-state index contributed by atoms with van der Waals surface area (Å²) in [5.74, 6) is -3.36. The number of ether oxygens (including phenoxy) is 2. The number of imidazole rings is 1. The molecule has 0 N–H and O–H groups in total. The van der Waals surface area contributed by atoms with Crippen molar-refractivity contribution in [2.75, 3.05) is 12.4 Å². The number of rotatable bonds is 9. The normalized spacial score (nSPS) is 11.6. The maximum Gasteiger partial charge on any atom is 0.375 e. The molecule has 1 aromatic carbocycles. The lowest BCUT2D eigenvalue weighted by Crippen LogP contribution is -2.25. The largest absolute Gasteiger partial charge is 0.460 e. The van der Waals surface area contributed by atoms with Crippen molar-refractivity contribution in [3.05, 3.63) is 60.9 Å². The second-order valence-electron chi connectivity index (χ2n) is 6.54. The van der Waals surface area contributed by atoms with Crippen LogP contribution in [0.5, 0.6) is 0 Å². The highest BCUT2D eigenvalue weighted by Crippen LogP contribution is 2.33. The summed E-state index contributed by atoms with van der Waals surface area (Å²) < 4.78 is 25.1. The van der Waals surface area contributed by atoms with E-state index in [9.17, 15) is 18.8 Å². The maximum absolute atomic E-state index is 13.5. The minimum Gasteiger partial charge on any atom is -0.460 e. The van der Waals surface area contributed by atoms with Crippen molar-refractivity contribution >= 4 is 30.4 Å². The molecule has 1 unspecified atom stereocenters. The molecule has 10 heteroatoms. The van der Waals surface area contributed by atoms with Gasteiger partial charge in [0.15, 0.2) is 6.23 Å². The monoisotopic (exact) mass is 457 g/mol. The Bertz CT molecular complexity index is 1100. The minimum absolute atomic E-state index is 0.0206. The Balaban J connectivity index is 1.94. The number of halogens is 1. The fourth-order valence-corrected chi connectivity index (χ4v) is 3.23. The van der Waals surface area contributed by atoms with E-state index < -0.39 is 36.2 Å². The third kappa shape index (κ3) is 5.38. The standard InChI is InChI=1S/C22H20FN3O5S/c1-2-30-22(29)17(27)11-19(28)31-18(12-32)26-13-25-20(14-7-9-24-10-8-14)21(26)15-3-5-16(23)6-4-15/h3-10,13,18,32H,2,11-12H2,1H3. The molecule has 0 fully saturated rings. The highest BCUT2D eigenvalue weighted by molar-refractivity contribution is 7.80. The van der Waals surface area contributed by atoms with Crippen LogP contribution in [-0.2, 0) is 23.9 Å². The number of ketones is 1. The first-order valence-electron chi connectivity index (χ1n) is 9.68. The van der Waals surface area contributed by atoms with Crippen LogP contribution >= 0.6 is 12.6 Å². The predicted molar refractivity (Wildman–Crippen MR) is 116 cm³/mol. The van der Waals surface area contributed by atoms with Gasteiger partial charge in [-0.15, -0.1) is 0 Å². The predicted octanol–water partition coefficient (Wildman–Crippen LogP) is 3.25. The van der Waals surface area contributed by atoms with Crippen molar-refractivity contribution in [1.29, 1.82) is 0 Å². The van der Waals surface area contributed by atoms with Crippen LogP contribution in [0.2, 0.25) is 0 Å². The van der Waals surface area contributed by atoms with Gasteiger partial charge in [-0.3, -0.25) is 19.1 Å². The second-order valence-corrected chi connectivity index (χ2v) is 6.90. The van der Waals surface area contributed by atoms with Crippen LogP contribution < -0.4 is 0 Å². The number of Topliss-reactive ketones (excluding diaryl/α,β-unsaturated/α-hetero) is 1. The molecule has 0 aliphatic carbocycles. The van der Waals surface area contributed by atoms with Crippen LogP contribution in [0.25, 0.3) is 22.5 Å². The van der Waals surface area contributed by atoms with Gasteiger partial charge in [0.2, 0.25) is 0 Å². The van der Waals surface area contributed by atoms with Crippen molar-refractivity contribution in [2.24, 2.45) is 0 Å². The third-order valence-corrected chi connectivity index (χ3v) is 4.72. The van der Waals surface area contributed by atoms with E-state index in [0.717, 1.165) is 5.56 Å². The molecule has 0 radical (unpaired) electrons. The molecule has 3 rings (SSSR count). The molecule has 166 valence electrons. The first kappa shape index (κ1) is 23.1. The molecular formula is C22H20FN3O5S. The summed E-state index contributed by atoms with van der Waals surface area (Å²) in [6.45, 7) is 1.57. The number of esters is 2. The van der Waals surface area contributed by atoms with E-state index in [2.05, 4.69) is 27.3 Å². The number of nitrogens with zero attached hydrogens (tertiary/aromatic N) is 3. The molecule has 3 aromatic rings. The van der Waals surface area contributed by atoms with Gasteiger partial charge in [0.25, 0.3) is 5.78 Å². The lowest BCUT2D eigenvalue weighted by molar-refractivity contribution is -0.160. The summed E-state index contributed by atoms with van der Waals surface area (Å²) in [6.07, 6.45) is 2.99. The van der Waals surface area contributed by atoms with Gasteiger partial charge in [-0.05, 0) is 43.3 Å². The Morgan fingerprint density at radius 1 is 1.09 bits per heavy atom. The van der Waals surface area contributed by atoms with E-state index in [1.165, 1.54) is 18.5 Å². The zero-order valence-corrected chi connectivity index (χ0v) is 18.0. The number of carbonyl (C=O) groups excluding carboxylic acids is 3. The van der Waals surface area contributed by atoms with E-state index in [-0.39, 0.29) is 12.4 Å². The second kappa shape index (κ2) is 10.7. The zero-order chi connectivity index (χ0) is 23.1. The molecule has 8 nitrogen and oxygen atoms in total. The van der Waals surface area contributed by atoms with Crippen molar-refractivity contribution in [1.82, 2.24) is 14.5 Å². The van der Waals surface area contributed by atoms with Crippen LogP contribution in [0.1, 0.15) is 19.6 Å². The average Bonchev–Trinajstić information content (AvgIpc) is 3.23. The molecule has 0 aliphatic heterocycles. The smallest absolute Gasteiger partial charge is 0.375 e. The first-order chi connectivity index (χ1) is 15.4. The molecule has 0 spiro atoms. The van der Waals surface area contributed by atoms with E-state index in [0.29, 0.717) is 17.0 Å². The Kier molecular flexibility index (Phi) is 7.72. The Labute approximate surface area is 188 Å². The molecule has 2 aromatic heterocycles. The molecule has 0 aliphatic rings. The number of hydrogen-bond donors (Lipinski definition) is 1. The molecule has 2 heterocycles. The third-order valence-electron chi connectivity index (χ3n) is 4.41. The minimum atomic E-state index is -1.10. The number of carbonyl (C=O) groups is 3. The number of thiol groups is 1. The van der Waals surface area contributed by atoms with Gasteiger partial charge in [0.05, 0.1) is 24.3 Å². The summed E-state index contributed by atoms with van der Waals surface area (Å²) in [6, 6.07) is 9.30.